The summed E-state index contributed by atoms with van der Waals surface area (Å²) in [6.07, 6.45) is 10.2. The zero-order chi connectivity index (χ0) is 11.9. The summed E-state index contributed by atoms with van der Waals surface area (Å²) in [5, 5.41) is 13.4. The predicted octanol–water partition coefficient (Wildman–Crippen LogP) is 3.17. The molecule has 0 spiro atoms. The Hall–Kier alpha value is 0.160. The molecule has 2 aliphatic heterocycles. The Morgan fingerprint density at radius 3 is 2.06 bits per heavy atom. The number of fused-ring (bicyclic) bond motifs is 2. The van der Waals surface area contributed by atoms with Gasteiger partial charge in [0.1, 0.15) is 0 Å². The summed E-state index contributed by atoms with van der Waals surface area (Å²) in [5.41, 5.74) is -0.391. The van der Waals surface area contributed by atoms with Gasteiger partial charge >= 0.3 is 5.97 Å². The first-order chi connectivity index (χ1) is 8.21. The fourth-order valence-corrected chi connectivity index (χ4v) is 4.52. The molecule has 3 aliphatic rings. The third-order valence-corrected chi connectivity index (χ3v) is 5.37. The molecule has 2 unspecified atom stereocenters. The number of piperidine rings is 1. The zero-order valence-corrected chi connectivity index (χ0v) is 13.2. The molecule has 2 N–H and O–H groups in total. The van der Waals surface area contributed by atoms with Crippen molar-refractivity contribution in [3.05, 3.63) is 0 Å². The average Bonchev–Trinajstić information content (AvgIpc) is 2.69. The Labute approximate surface area is 126 Å². The van der Waals surface area contributed by atoms with Crippen LogP contribution in [0.1, 0.15) is 57.8 Å². The molecular formula is C14H24INO2. The molecule has 2 heterocycles. The summed E-state index contributed by atoms with van der Waals surface area (Å²) in [4.78, 5) is 11.9. The summed E-state index contributed by atoms with van der Waals surface area (Å²) in [6, 6.07) is 0.957. The van der Waals surface area contributed by atoms with Crippen molar-refractivity contribution >= 4 is 29.9 Å². The van der Waals surface area contributed by atoms with E-state index in [9.17, 15) is 9.90 Å². The first-order valence-corrected chi connectivity index (χ1v) is 7.20. The topological polar surface area (TPSA) is 49.3 Å². The van der Waals surface area contributed by atoms with Gasteiger partial charge in [-0.1, -0.05) is 19.3 Å². The van der Waals surface area contributed by atoms with Crippen LogP contribution in [-0.2, 0) is 4.79 Å². The van der Waals surface area contributed by atoms with Gasteiger partial charge in [-0.15, -0.1) is 24.0 Å². The third kappa shape index (κ3) is 2.42. The van der Waals surface area contributed by atoms with E-state index >= 15 is 0 Å². The Bertz CT molecular complexity index is 303. The summed E-state index contributed by atoms with van der Waals surface area (Å²) >= 11 is 0. The molecule has 2 saturated heterocycles. The lowest BCUT2D eigenvalue weighted by Gasteiger charge is -2.44. The number of halogens is 1. The van der Waals surface area contributed by atoms with Gasteiger partial charge in [-0.25, -0.2) is 0 Å². The minimum atomic E-state index is -0.511. The van der Waals surface area contributed by atoms with Gasteiger partial charge in [0.15, 0.2) is 0 Å². The van der Waals surface area contributed by atoms with Crippen LogP contribution >= 0.6 is 24.0 Å². The second kappa shape index (κ2) is 5.65. The van der Waals surface area contributed by atoms with Crippen LogP contribution in [-0.4, -0.2) is 23.2 Å². The van der Waals surface area contributed by atoms with Crippen molar-refractivity contribution in [1.29, 1.82) is 0 Å². The van der Waals surface area contributed by atoms with Gasteiger partial charge < -0.3 is 10.4 Å². The van der Waals surface area contributed by atoms with E-state index in [0.29, 0.717) is 18.0 Å². The maximum absolute atomic E-state index is 11.9. The van der Waals surface area contributed by atoms with Crippen LogP contribution in [0.25, 0.3) is 0 Å². The van der Waals surface area contributed by atoms with Gasteiger partial charge in [0.25, 0.3) is 0 Å². The predicted molar refractivity (Wildman–Crippen MR) is 81.2 cm³/mol. The van der Waals surface area contributed by atoms with Crippen molar-refractivity contribution in [3.63, 3.8) is 0 Å². The van der Waals surface area contributed by atoms with Gasteiger partial charge in [-0.05, 0) is 44.4 Å². The second-order valence-electron chi connectivity index (χ2n) is 6.34. The van der Waals surface area contributed by atoms with E-state index in [4.69, 9.17) is 0 Å². The van der Waals surface area contributed by atoms with E-state index in [1.807, 2.05) is 0 Å². The molecular weight excluding hydrogens is 341 g/mol. The Balaban J connectivity index is 0.00000120. The molecule has 104 valence electrons. The number of carboxylic acids is 1. The molecule has 0 aromatic heterocycles. The Kier molecular flexibility index (Phi) is 4.57. The van der Waals surface area contributed by atoms with E-state index in [1.165, 1.54) is 32.1 Å². The number of carbonyl (C=O) groups is 1. The third-order valence-electron chi connectivity index (χ3n) is 5.37. The number of carboxylic acid groups (broad SMARTS) is 1. The lowest BCUT2D eigenvalue weighted by atomic mass is 9.62. The first-order valence-electron chi connectivity index (χ1n) is 7.20. The van der Waals surface area contributed by atoms with Crippen LogP contribution in [0.2, 0.25) is 0 Å². The number of aliphatic carboxylic acids is 1. The molecule has 3 rings (SSSR count). The fraction of sp³-hybridized carbons (Fsp3) is 0.929. The Morgan fingerprint density at radius 2 is 1.56 bits per heavy atom. The highest BCUT2D eigenvalue weighted by atomic mass is 127. The average molecular weight is 365 g/mol. The lowest BCUT2D eigenvalue weighted by Crippen LogP contribution is -2.52. The highest BCUT2D eigenvalue weighted by molar-refractivity contribution is 14.0. The molecule has 2 atom stereocenters. The molecule has 0 aromatic rings. The lowest BCUT2D eigenvalue weighted by molar-refractivity contribution is -0.157. The van der Waals surface area contributed by atoms with Crippen molar-refractivity contribution in [2.24, 2.45) is 11.3 Å². The van der Waals surface area contributed by atoms with Crippen molar-refractivity contribution < 1.29 is 9.90 Å². The molecule has 1 aliphatic carbocycles. The summed E-state index contributed by atoms with van der Waals surface area (Å²) < 4.78 is 0. The van der Waals surface area contributed by atoms with Crippen molar-refractivity contribution in [2.45, 2.75) is 69.9 Å². The summed E-state index contributed by atoms with van der Waals surface area (Å²) in [6.45, 7) is 0. The van der Waals surface area contributed by atoms with Crippen molar-refractivity contribution in [2.75, 3.05) is 0 Å². The molecule has 18 heavy (non-hydrogen) atoms. The van der Waals surface area contributed by atoms with E-state index < -0.39 is 11.4 Å². The van der Waals surface area contributed by atoms with Crippen LogP contribution in [0.4, 0.5) is 0 Å². The van der Waals surface area contributed by atoms with E-state index in [1.54, 1.807) is 0 Å². The van der Waals surface area contributed by atoms with Crippen LogP contribution in [0.3, 0.4) is 0 Å². The number of hydrogen-bond donors (Lipinski definition) is 2. The highest BCUT2D eigenvalue weighted by Crippen LogP contribution is 2.50. The minimum Gasteiger partial charge on any atom is -0.481 e. The number of nitrogens with one attached hydrogen (secondary N) is 1. The zero-order valence-electron chi connectivity index (χ0n) is 10.9. The van der Waals surface area contributed by atoms with Gasteiger partial charge in [0, 0.05) is 12.1 Å². The summed E-state index contributed by atoms with van der Waals surface area (Å²) in [5.74, 6) is -0.0678. The fourth-order valence-electron chi connectivity index (χ4n) is 4.52. The molecule has 3 nitrogen and oxygen atoms in total. The van der Waals surface area contributed by atoms with Crippen LogP contribution in [0.5, 0.6) is 0 Å². The van der Waals surface area contributed by atoms with E-state index in [0.717, 1.165) is 25.7 Å². The largest absolute Gasteiger partial charge is 0.481 e. The van der Waals surface area contributed by atoms with Crippen molar-refractivity contribution in [3.8, 4) is 0 Å². The molecule has 0 amide bonds. The van der Waals surface area contributed by atoms with Gasteiger partial charge in [0.2, 0.25) is 0 Å². The van der Waals surface area contributed by atoms with Gasteiger partial charge in [-0.3, -0.25) is 4.79 Å². The van der Waals surface area contributed by atoms with Gasteiger partial charge in [-0.2, -0.15) is 0 Å². The van der Waals surface area contributed by atoms with Crippen LogP contribution in [0, 0.1) is 11.3 Å². The smallest absolute Gasteiger partial charge is 0.310 e. The number of rotatable bonds is 2. The second-order valence-corrected chi connectivity index (χ2v) is 6.34. The Morgan fingerprint density at radius 1 is 1.00 bits per heavy atom. The van der Waals surface area contributed by atoms with Gasteiger partial charge in [0.05, 0.1) is 5.41 Å². The first kappa shape index (κ1) is 14.6. The highest BCUT2D eigenvalue weighted by Gasteiger charge is 2.52. The van der Waals surface area contributed by atoms with Crippen LogP contribution < -0.4 is 5.32 Å². The van der Waals surface area contributed by atoms with Crippen LogP contribution in [0.15, 0.2) is 0 Å². The maximum atomic E-state index is 11.9. The standard InChI is InChI=1S/C14H23NO2.HI/c16-13(17)14(10-4-2-1-3-5-10)8-11-6-7-12(9-14)15-11;/h10-12,15H,1-9H2,(H,16,17);1H. The minimum absolute atomic E-state index is 0. The van der Waals surface area contributed by atoms with Crippen molar-refractivity contribution in [1.82, 2.24) is 5.32 Å². The number of hydrogen-bond acceptors (Lipinski definition) is 2. The quantitative estimate of drug-likeness (QED) is 0.739. The SMILES string of the molecule is I.O=C(O)C1(C2CCCCC2)CC2CCC(C1)N2. The summed E-state index contributed by atoms with van der Waals surface area (Å²) in [7, 11) is 0. The normalized spacial score (nSPS) is 40.2. The molecule has 0 aromatic carbocycles. The maximum Gasteiger partial charge on any atom is 0.310 e. The monoisotopic (exact) mass is 365 g/mol. The molecule has 0 radical (unpaired) electrons. The van der Waals surface area contributed by atoms with E-state index in [2.05, 4.69) is 5.32 Å². The molecule has 4 heteroatoms. The molecule has 3 fully saturated rings. The van der Waals surface area contributed by atoms with E-state index in [-0.39, 0.29) is 24.0 Å². The molecule has 1 saturated carbocycles. The molecule has 2 bridgehead atoms.